The molecule has 4 nitrogen and oxygen atoms in total. The Morgan fingerprint density at radius 3 is 2.59 bits per heavy atom. The summed E-state index contributed by atoms with van der Waals surface area (Å²) < 4.78 is 59.0. The standard InChI is InChI=1S/C14H12BrF2NO3S/c1-21-13-5-2-10(15)7-14(13)22(19,20)18-8-9-6-11(16)3-4-12(9)17/h2-7,18H,8H2,1H3. The van der Waals surface area contributed by atoms with E-state index in [1.807, 2.05) is 0 Å². The first-order chi connectivity index (χ1) is 10.3. The highest BCUT2D eigenvalue weighted by Gasteiger charge is 2.20. The third-order valence-corrected chi connectivity index (χ3v) is 4.79. The van der Waals surface area contributed by atoms with Gasteiger partial charge in [-0.05, 0) is 36.4 Å². The van der Waals surface area contributed by atoms with Crippen molar-refractivity contribution in [2.24, 2.45) is 0 Å². The molecule has 22 heavy (non-hydrogen) atoms. The highest BCUT2D eigenvalue weighted by Crippen LogP contribution is 2.27. The van der Waals surface area contributed by atoms with E-state index < -0.39 is 21.7 Å². The fourth-order valence-corrected chi connectivity index (χ4v) is 3.50. The topological polar surface area (TPSA) is 55.4 Å². The first kappa shape index (κ1) is 16.9. The third-order valence-electron chi connectivity index (χ3n) is 2.88. The lowest BCUT2D eigenvalue weighted by atomic mass is 10.2. The van der Waals surface area contributed by atoms with Gasteiger partial charge in [-0.15, -0.1) is 0 Å². The maximum absolute atomic E-state index is 13.5. The SMILES string of the molecule is COc1ccc(Br)cc1S(=O)(=O)NCc1cc(F)ccc1F. The Balaban J connectivity index is 2.28. The van der Waals surface area contributed by atoms with E-state index in [9.17, 15) is 17.2 Å². The van der Waals surface area contributed by atoms with Crippen molar-refractivity contribution in [2.75, 3.05) is 7.11 Å². The average molecular weight is 392 g/mol. The van der Waals surface area contributed by atoms with E-state index in [-0.39, 0.29) is 22.8 Å². The van der Waals surface area contributed by atoms with Crippen molar-refractivity contribution in [1.82, 2.24) is 4.72 Å². The molecule has 0 saturated heterocycles. The van der Waals surface area contributed by atoms with Crippen LogP contribution >= 0.6 is 15.9 Å². The predicted octanol–water partition coefficient (Wildman–Crippen LogP) is 3.21. The summed E-state index contributed by atoms with van der Waals surface area (Å²) in [6, 6.07) is 7.33. The van der Waals surface area contributed by atoms with Gasteiger partial charge in [0, 0.05) is 16.6 Å². The minimum Gasteiger partial charge on any atom is -0.495 e. The third kappa shape index (κ3) is 3.82. The summed E-state index contributed by atoms with van der Waals surface area (Å²) in [5.74, 6) is -1.18. The largest absolute Gasteiger partial charge is 0.495 e. The van der Waals surface area contributed by atoms with Crippen LogP contribution in [0.15, 0.2) is 45.8 Å². The van der Waals surface area contributed by atoms with Crippen molar-refractivity contribution in [3.05, 3.63) is 58.1 Å². The van der Waals surface area contributed by atoms with Gasteiger partial charge in [0.1, 0.15) is 22.3 Å². The Morgan fingerprint density at radius 1 is 1.18 bits per heavy atom. The fourth-order valence-electron chi connectivity index (χ4n) is 1.79. The molecule has 2 aromatic carbocycles. The summed E-state index contributed by atoms with van der Waals surface area (Å²) in [6.45, 7) is -0.373. The van der Waals surface area contributed by atoms with Crippen LogP contribution in [0, 0.1) is 11.6 Å². The molecular formula is C14H12BrF2NO3S. The van der Waals surface area contributed by atoms with Crippen LogP contribution in [0.1, 0.15) is 5.56 Å². The molecule has 0 heterocycles. The lowest BCUT2D eigenvalue weighted by Crippen LogP contribution is -2.24. The van der Waals surface area contributed by atoms with E-state index in [0.717, 1.165) is 18.2 Å². The molecule has 0 saturated carbocycles. The molecule has 0 radical (unpaired) electrons. The molecule has 0 aliphatic carbocycles. The van der Waals surface area contributed by atoms with Gasteiger partial charge in [-0.25, -0.2) is 21.9 Å². The first-order valence-electron chi connectivity index (χ1n) is 6.10. The number of sulfonamides is 1. The second kappa shape index (κ2) is 6.72. The molecule has 0 fully saturated rings. The number of nitrogens with one attached hydrogen (secondary N) is 1. The normalized spacial score (nSPS) is 11.5. The minimum absolute atomic E-state index is 0.0856. The van der Waals surface area contributed by atoms with Crippen LogP contribution in [0.4, 0.5) is 8.78 Å². The Kier molecular flexibility index (Phi) is 5.15. The van der Waals surface area contributed by atoms with Crippen molar-refractivity contribution >= 4 is 26.0 Å². The minimum atomic E-state index is -3.95. The van der Waals surface area contributed by atoms with Gasteiger partial charge >= 0.3 is 0 Å². The Labute approximate surface area is 135 Å². The van der Waals surface area contributed by atoms with Crippen molar-refractivity contribution in [3.63, 3.8) is 0 Å². The van der Waals surface area contributed by atoms with Crippen LogP contribution in [0.5, 0.6) is 5.75 Å². The van der Waals surface area contributed by atoms with Crippen LogP contribution in [0.2, 0.25) is 0 Å². The summed E-state index contributed by atoms with van der Waals surface area (Å²) in [6.07, 6.45) is 0. The number of benzene rings is 2. The quantitative estimate of drug-likeness (QED) is 0.851. The Hall–Kier alpha value is -1.51. The summed E-state index contributed by atoms with van der Waals surface area (Å²) >= 11 is 3.18. The summed E-state index contributed by atoms with van der Waals surface area (Å²) in [5.41, 5.74) is -0.0856. The maximum atomic E-state index is 13.5. The van der Waals surface area contributed by atoms with Crippen LogP contribution < -0.4 is 9.46 Å². The molecule has 8 heteroatoms. The zero-order valence-corrected chi connectivity index (χ0v) is 13.8. The van der Waals surface area contributed by atoms with E-state index in [0.29, 0.717) is 4.47 Å². The van der Waals surface area contributed by atoms with E-state index in [1.165, 1.54) is 19.2 Å². The van der Waals surface area contributed by atoms with Crippen LogP contribution in [0.25, 0.3) is 0 Å². The molecule has 0 bridgehead atoms. The van der Waals surface area contributed by atoms with E-state index in [4.69, 9.17) is 4.74 Å². The molecule has 0 aromatic heterocycles. The molecule has 0 spiro atoms. The van der Waals surface area contributed by atoms with Gasteiger partial charge in [-0.3, -0.25) is 0 Å². The summed E-state index contributed by atoms with van der Waals surface area (Å²) in [5, 5.41) is 0. The van der Waals surface area contributed by atoms with Gasteiger partial charge in [0.05, 0.1) is 7.11 Å². The second-order valence-electron chi connectivity index (χ2n) is 4.36. The fraction of sp³-hybridized carbons (Fsp3) is 0.143. The average Bonchev–Trinajstić information content (AvgIpc) is 2.48. The Morgan fingerprint density at radius 2 is 1.91 bits per heavy atom. The molecule has 2 rings (SSSR count). The number of methoxy groups -OCH3 is 1. The van der Waals surface area contributed by atoms with Crippen molar-refractivity contribution in [1.29, 1.82) is 0 Å². The highest BCUT2D eigenvalue weighted by molar-refractivity contribution is 9.10. The molecule has 0 aliphatic heterocycles. The summed E-state index contributed by atoms with van der Waals surface area (Å²) in [7, 11) is -2.61. The number of hydrogen-bond donors (Lipinski definition) is 1. The van der Waals surface area contributed by atoms with Gasteiger partial charge in [0.2, 0.25) is 10.0 Å². The predicted molar refractivity (Wildman–Crippen MR) is 81.1 cm³/mol. The smallest absolute Gasteiger partial charge is 0.244 e. The second-order valence-corrected chi connectivity index (χ2v) is 7.01. The van der Waals surface area contributed by atoms with Crippen molar-refractivity contribution < 1.29 is 21.9 Å². The molecule has 0 amide bonds. The number of halogens is 3. The molecule has 0 unspecified atom stereocenters. The zero-order chi connectivity index (χ0) is 16.3. The van der Waals surface area contributed by atoms with Crippen molar-refractivity contribution in [3.8, 4) is 5.75 Å². The van der Waals surface area contributed by atoms with E-state index in [1.54, 1.807) is 6.07 Å². The highest BCUT2D eigenvalue weighted by atomic mass is 79.9. The first-order valence-corrected chi connectivity index (χ1v) is 8.38. The molecular weight excluding hydrogens is 380 g/mol. The van der Waals surface area contributed by atoms with Crippen LogP contribution in [0.3, 0.4) is 0 Å². The van der Waals surface area contributed by atoms with Crippen LogP contribution in [-0.4, -0.2) is 15.5 Å². The molecule has 0 aliphatic rings. The van der Waals surface area contributed by atoms with E-state index in [2.05, 4.69) is 20.7 Å². The van der Waals surface area contributed by atoms with E-state index >= 15 is 0 Å². The van der Waals surface area contributed by atoms with Gasteiger partial charge in [-0.1, -0.05) is 15.9 Å². The molecule has 118 valence electrons. The van der Waals surface area contributed by atoms with Crippen LogP contribution in [-0.2, 0) is 16.6 Å². The molecule has 0 atom stereocenters. The Bertz CT molecular complexity index is 797. The number of hydrogen-bond acceptors (Lipinski definition) is 3. The van der Waals surface area contributed by atoms with Gasteiger partial charge in [0.25, 0.3) is 0 Å². The summed E-state index contributed by atoms with van der Waals surface area (Å²) in [4.78, 5) is -0.0961. The van der Waals surface area contributed by atoms with Gasteiger partial charge < -0.3 is 4.74 Å². The molecule has 2 aromatic rings. The van der Waals surface area contributed by atoms with Crippen molar-refractivity contribution in [2.45, 2.75) is 11.4 Å². The monoisotopic (exact) mass is 391 g/mol. The number of ether oxygens (including phenoxy) is 1. The van der Waals surface area contributed by atoms with Gasteiger partial charge in [0.15, 0.2) is 0 Å². The van der Waals surface area contributed by atoms with Gasteiger partial charge in [-0.2, -0.15) is 0 Å². The molecule has 1 N–H and O–H groups in total. The zero-order valence-electron chi connectivity index (χ0n) is 11.4. The lowest BCUT2D eigenvalue weighted by molar-refractivity contribution is 0.402. The number of rotatable bonds is 5. The maximum Gasteiger partial charge on any atom is 0.244 e. The lowest BCUT2D eigenvalue weighted by Gasteiger charge is -2.11.